The largest absolute Gasteiger partial charge is 0.508 e. The highest BCUT2D eigenvalue weighted by Crippen LogP contribution is 2.65. The van der Waals surface area contributed by atoms with Crippen LogP contribution in [0.5, 0.6) is 5.75 Å². The van der Waals surface area contributed by atoms with Gasteiger partial charge in [-0.1, -0.05) is 91.0 Å². The molecule has 0 spiro atoms. The van der Waals surface area contributed by atoms with Crippen LogP contribution in [0.4, 0.5) is 0 Å². The number of rotatable bonds is 12. The summed E-state index contributed by atoms with van der Waals surface area (Å²) in [6, 6.07) is 17.9. The second kappa shape index (κ2) is 11.2. The number of benzene rings is 2. The Morgan fingerprint density at radius 2 is 1.83 bits per heavy atom. The van der Waals surface area contributed by atoms with Crippen molar-refractivity contribution in [2.45, 2.75) is 70.1 Å². The van der Waals surface area contributed by atoms with Crippen LogP contribution in [0.1, 0.15) is 69.4 Å². The third-order valence-electron chi connectivity index (χ3n) is 7.84. The highest BCUT2D eigenvalue weighted by atomic mass is 16.3. The number of carbonyl (C=O) groups is 1. The monoisotopic (exact) mass is 465 g/mol. The molecule has 4 heteroatoms. The van der Waals surface area contributed by atoms with E-state index in [0.29, 0.717) is 23.4 Å². The van der Waals surface area contributed by atoms with Crippen LogP contribution in [0.2, 0.25) is 0 Å². The molecule has 0 heterocycles. The Kier molecular flexibility index (Phi) is 8.10. The number of para-hydroxylation sites is 1. The molecule has 35 heavy (non-hydrogen) atoms. The maximum Gasteiger partial charge on any atom is 0.136 e. The number of hydrogen-bond donors (Lipinski definition) is 2. The zero-order valence-corrected chi connectivity index (χ0v) is 20.8. The fourth-order valence-electron chi connectivity index (χ4n) is 5.79. The Hall–Kier alpha value is -2.88. The zero-order valence-electron chi connectivity index (χ0n) is 20.8. The van der Waals surface area contributed by atoms with E-state index in [-0.39, 0.29) is 17.3 Å². The molecule has 3 unspecified atom stereocenters. The average molecular weight is 465 g/mol. The molecule has 2 aliphatic carbocycles. The summed E-state index contributed by atoms with van der Waals surface area (Å²) >= 11 is 0. The Bertz CT molecular complexity index is 1120. The maximum absolute atomic E-state index is 12.5. The molecule has 2 aromatic rings. The number of aromatic hydroxyl groups is 1. The minimum absolute atomic E-state index is 0.0754. The van der Waals surface area contributed by atoms with E-state index in [9.17, 15) is 9.90 Å². The van der Waals surface area contributed by atoms with Gasteiger partial charge in [0.25, 0.3) is 0 Å². The van der Waals surface area contributed by atoms with Gasteiger partial charge in [-0.2, -0.15) is 0 Å². The summed E-state index contributed by atoms with van der Waals surface area (Å²) in [7, 11) is 6.21. The molecule has 2 N–H and O–H groups in total. The van der Waals surface area contributed by atoms with Crippen molar-refractivity contribution in [3.05, 3.63) is 88.4 Å². The first-order valence-electron chi connectivity index (χ1n) is 13.0. The molecule has 0 saturated heterocycles. The van der Waals surface area contributed by atoms with Gasteiger partial charge >= 0.3 is 0 Å². The second-order valence-electron chi connectivity index (χ2n) is 10.4. The van der Waals surface area contributed by atoms with Crippen molar-refractivity contribution in [2.75, 3.05) is 0 Å². The lowest BCUT2D eigenvalue weighted by Gasteiger charge is -2.26. The number of allylic oxidation sites excluding steroid dienone is 4. The molecule has 3 atom stereocenters. The average Bonchev–Trinajstić information content (AvgIpc) is 3.61. The quantitative estimate of drug-likeness (QED) is 0.156. The molecule has 0 amide bonds. The van der Waals surface area contributed by atoms with Gasteiger partial charge in [0.1, 0.15) is 19.4 Å². The molecule has 0 aromatic heterocycles. The Balaban J connectivity index is 1.27. The maximum atomic E-state index is 12.5. The molecular formula is C31H36BNO2. The predicted octanol–water partition coefficient (Wildman–Crippen LogP) is 6.84. The van der Waals surface area contributed by atoms with Crippen LogP contribution < -0.4 is 0 Å². The summed E-state index contributed by atoms with van der Waals surface area (Å²) in [4.78, 5) is 12.5. The molecule has 2 aliphatic rings. The summed E-state index contributed by atoms with van der Waals surface area (Å²) in [6.07, 6.45) is 12.1. The summed E-state index contributed by atoms with van der Waals surface area (Å²) < 4.78 is 0. The van der Waals surface area contributed by atoms with Crippen molar-refractivity contribution in [3.8, 4) is 5.75 Å². The topological polar surface area (TPSA) is 61.2 Å². The van der Waals surface area contributed by atoms with Crippen molar-refractivity contribution >= 4 is 19.8 Å². The molecule has 0 aliphatic heterocycles. The number of phenols is 1. The summed E-state index contributed by atoms with van der Waals surface area (Å²) in [5.41, 5.74) is 5.10. The van der Waals surface area contributed by atoms with E-state index in [0.717, 1.165) is 62.5 Å². The molecule has 180 valence electrons. The fraction of sp³-hybridized carbons (Fsp3) is 0.419. The van der Waals surface area contributed by atoms with Gasteiger partial charge in [-0.15, -0.1) is 0 Å². The van der Waals surface area contributed by atoms with E-state index >= 15 is 0 Å². The van der Waals surface area contributed by atoms with Gasteiger partial charge < -0.3 is 10.5 Å². The SMILES string of the molecule is [B]/C(C=N)=C1/CC(CCCCCCC(=O)C(C)Cc2ccccc2)=CC2(c3ccccc3O)CC12. The lowest BCUT2D eigenvalue weighted by Crippen LogP contribution is -2.16. The molecule has 2 aromatic carbocycles. The molecule has 2 radical (unpaired) electrons. The van der Waals surface area contributed by atoms with E-state index in [1.54, 1.807) is 6.07 Å². The number of unbranched alkanes of at least 4 members (excludes halogenated alkanes) is 3. The van der Waals surface area contributed by atoms with Gasteiger partial charge in [0.05, 0.1) is 0 Å². The van der Waals surface area contributed by atoms with Crippen LogP contribution in [0.3, 0.4) is 0 Å². The molecule has 0 bridgehead atoms. The van der Waals surface area contributed by atoms with Crippen LogP contribution in [0.25, 0.3) is 0 Å². The Morgan fingerprint density at radius 1 is 1.11 bits per heavy atom. The lowest BCUT2D eigenvalue weighted by atomic mass is 9.76. The van der Waals surface area contributed by atoms with Crippen molar-refractivity contribution in [2.24, 2.45) is 11.8 Å². The molecular weight excluding hydrogens is 429 g/mol. The standard InChI is InChI=1S/C31H36BNO2/c1-22(17-23-11-6-4-7-12-23)29(34)15-8-3-2-5-13-24-18-25(28(32)21-33)27-20-31(27,19-24)26-14-9-10-16-30(26)35/h4,6-7,9-12,14,16,19,21-22,27,33,35H,2-3,5,8,13,15,17-18,20H2,1H3/b28-25-,33-21?. The van der Waals surface area contributed by atoms with Crippen molar-refractivity contribution in [1.82, 2.24) is 0 Å². The highest BCUT2D eigenvalue weighted by molar-refractivity contribution is 6.33. The number of nitrogens with one attached hydrogen (secondary N) is 1. The van der Waals surface area contributed by atoms with E-state index in [1.807, 2.05) is 43.3 Å². The van der Waals surface area contributed by atoms with Crippen LogP contribution in [-0.2, 0) is 16.6 Å². The van der Waals surface area contributed by atoms with Crippen LogP contribution in [-0.4, -0.2) is 25.0 Å². The molecule has 1 fully saturated rings. The van der Waals surface area contributed by atoms with Crippen molar-refractivity contribution in [1.29, 1.82) is 5.41 Å². The van der Waals surface area contributed by atoms with E-state index < -0.39 is 0 Å². The summed E-state index contributed by atoms with van der Waals surface area (Å²) in [6.45, 7) is 2.04. The fourth-order valence-corrected chi connectivity index (χ4v) is 5.79. The van der Waals surface area contributed by atoms with E-state index in [4.69, 9.17) is 13.3 Å². The van der Waals surface area contributed by atoms with Gasteiger partial charge in [-0.3, -0.25) is 4.79 Å². The van der Waals surface area contributed by atoms with E-state index in [2.05, 4.69) is 18.2 Å². The number of hydrogen-bond acceptors (Lipinski definition) is 3. The van der Waals surface area contributed by atoms with Gasteiger partial charge in [0.15, 0.2) is 0 Å². The number of ketones is 1. The van der Waals surface area contributed by atoms with Gasteiger partial charge in [0, 0.05) is 29.5 Å². The van der Waals surface area contributed by atoms with Crippen molar-refractivity contribution < 1.29 is 9.90 Å². The minimum Gasteiger partial charge on any atom is -0.508 e. The van der Waals surface area contributed by atoms with Crippen LogP contribution in [0.15, 0.2) is 77.3 Å². The number of carbonyl (C=O) groups excluding carboxylic acids is 1. The van der Waals surface area contributed by atoms with Gasteiger partial charge in [0.2, 0.25) is 0 Å². The summed E-state index contributed by atoms with van der Waals surface area (Å²) in [5, 5.41) is 18.2. The Morgan fingerprint density at radius 3 is 2.57 bits per heavy atom. The lowest BCUT2D eigenvalue weighted by molar-refractivity contribution is -0.122. The zero-order chi connectivity index (χ0) is 24.8. The first-order valence-corrected chi connectivity index (χ1v) is 13.0. The number of Topliss-reactive ketones (excluding diaryl/α,β-unsaturated/α-hetero) is 1. The first-order chi connectivity index (χ1) is 16.9. The number of phenolic OH excluding ortho intramolecular Hbond substituents is 1. The van der Waals surface area contributed by atoms with Gasteiger partial charge in [-0.25, -0.2) is 0 Å². The third kappa shape index (κ3) is 5.86. The third-order valence-corrected chi connectivity index (χ3v) is 7.84. The molecule has 4 rings (SSSR count). The Labute approximate surface area is 211 Å². The minimum atomic E-state index is -0.177. The van der Waals surface area contributed by atoms with E-state index in [1.165, 1.54) is 17.4 Å². The van der Waals surface area contributed by atoms with Crippen LogP contribution >= 0.6 is 0 Å². The smallest absolute Gasteiger partial charge is 0.136 e. The first kappa shape index (κ1) is 25.2. The predicted molar refractivity (Wildman–Crippen MR) is 144 cm³/mol. The highest BCUT2D eigenvalue weighted by Gasteiger charge is 2.58. The van der Waals surface area contributed by atoms with Crippen molar-refractivity contribution in [3.63, 3.8) is 0 Å². The second-order valence-corrected chi connectivity index (χ2v) is 10.4. The van der Waals surface area contributed by atoms with Crippen LogP contribution in [0, 0.1) is 17.2 Å². The molecule has 1 saturated carbocycles. The number of fused-ring (bicyclic) bond motifs is 1. The summed E-state index contributed by atoms with van der Waals surface area (Å²) in [5.74, 6) is 1.06. The molecule has 3 nitrogen and oxygen atoms in total. The van der Waals surface area contributed by atoms with Gasteiger partial charge in [-0.05, 0) is 56.1 Å². The normalized spacial score (nSPS) is 23.1.